The number of ether oxygens (including phenoxy) is 1. The highest BCUT2D eigenvalue weighted by Gasteiger charge is 2.46. The van der Waals surface area contributed by atoms with Crippen molar-refractivity contribution in [2.24, 2.45) is 0 Å². The van der Waals surface area contributed by atoms with Crippen LogP contribution in [0.1, 0.15) is 41.4 Å². The number of carbonyl (C=O) groups excluding carboxylic acids is 1. The molecule has 4 rings (SSSR count). The molecule has 0 amide bonds. The average Bonchev–Trinajstić information content (AvgIpc) is 2.79. The Labute approximate surface area is 186 Å². The lowest BCUT2D eigenvalue weighted by Crippen LogP contribution is -2.54. The molecular formula is C26H25NO5. The normalized spacial score (nSPS) is 18.8. The second-order valence-electron chi connectivity index (χ2n) is 8.40. The highest BCUT2D eigenvalue weighted by atomic mass is 16.5. The maximum absolute atomic E-state index is 13.1. The summed E-state index contributed by atoms with van der Waals surface area (Å²) in [5, 5.41) is 20.9. The van der Waals surface area contributed by atoms with Crippen molar-refractivity contribution in [1.29, 1.82) is 0 Å². The van der Waals surface area contributed by atoms with E-state index in [2.05, 4.69) is 0 Å². The summed E-state index contributed by atoms with van der Waals surface area (Å²) in [6, 6.07) is 22.4. The number of hydrogen-bond acceptors (Lipinski definition) is 5. The minimum atomic E-state index is -1.04. The fourth-order valence-electron chi connectivity index (χ4n) is 4.12. The van der Waals surface area contributed by atoms with Gasteiger partial charge in [-0.3, -0.25) is 9.59 Å². The summed E-state index contributed by atoms with van der Waals surface area (Å²) < 4.78 is 6.06. The summed E-state index contributed by atoms with van der Waals surface area (Å²) >= 11 is 0. The second kappa shape index (κ2) is 8.48. The van der Waals surface area contributed by atoms with E-state index in [0.717, 1.165) is 0 Å². The molecule has 164 valence electrons. The summed E-state index contributed by atoms with van der Waals surface area (Å²) in [5.41, 5.74) is 1.26. The van der Waals surface area contributed by atoms with Gasteiger partial charge in [-0.1, -0.05) is 48.5 Å². The number of rotatable bonds is 6. The fraction of sp³-hybridized carbons (Fsp3) is 0.231. The first kappa shape index (κ1) is 21.6. The molecule has 0 aromatic heterocycles. The maximum atomic E-state index is 13.1. The number of para-hydroxylation sites is 1. The number of nitrogens with zero attached hydrogens (tertiary/aromatic N) is 1. The van der Waals surface area contributed by atoms with Gasteiger partial charge >= 0.3 is 5.97 Å². The zero-order chi connectivity index (χ0) is 22.9. The molecular weight excluding hydrogens is 406 g/mol. The van der Waals surface area contributed by atoms with Gasteiger partial charge in [0.25, 0.3) is 0 Å². The van der Waals surface area contributed by atoms with Gasteiger partial charge in [0.05, 0.1) is 6.04 Å². The number of aliphatic hydroxyl groups is 1. The van der Waals surface area contributed by atoms with Crippen LogP contribution in [0.15, 0.2) is 78.9 Å². The van der Waals surface area contributed by atoms with E-state index in [1.807, 2.05) is 24.3 Å². The van der Waals surface area contributed by atoms with Crippen molar-refractivity contribution >= 4 is 17.4 Å². The molecule has 3 aromatic carbocycles. The highest BCUT2D eigenvalue weighted by Crippen LogP contribution is 2.44. The van der Waals surface area contributed by atoms with Crippen molar-refractivity contribution < 1.29 is 24.5 Å². The first-order chi connectivity index (χ1) is 15.3. The lowest BCUT2D eigenvalue weighted by molar-refractivity contribution is -0.135. The third kappa shape index (κ3) is 4.09. The molecule has 6 nitrogen and oxygen atoms in total. The first-order valence-electron chi connectivity index (χ1n) is 10.4. The number of ketones is 1. The SMILES string of the molecule is CC1(C)Oc2ccc(C(=O)c3ccccc3)cc2[C@H](N(CC(=O)O)c2ccccc2)[C@H]1O. The van der Waals surface area contributed by atoms with Gasteiger partial charge in [0.1, 0.15) is 24.0 Å². The number of carboxylic acid groups (broad SMARTS) is 1. The quantitative estimate of drug-likeness (QED) is 0.572. The number of aliphatic hydroxyl groups excluding tert-OH is 1. The minimum absolute atomic E-state index is 0.157. The monoisotopic (exact) mass is 431 g/mol. The standard InChI is InChI=1S/C26H25NO5/c1-26(2)25(31)23(27(16-22(28)29)19-11-7-4-8-12-19)20-15-18(13-14-21(20)32-26)24(30)17-9-5-3-6-10-17/h3-15,23,25,31H,16H2,1-2H3,(H,28,29)/t23-,25+/m0/s1. The van der Waals surface area contributed by atoms with Crippen molar-refractivity contribution in [3.8, 4) is 5.75 Å². The number of fused-ring (bicyclic) bond motifs is 1. The molecule has 0 spiro atoms. The third-order valence-corrected chi connectivity index (χ3v) is 5.74. The van der Waals surface area contributed by atoms with Crippen LogP contribution in [0.3, 0.4) is 0 Å². The minimum Gasteiger partial charge on any atom is -0.485 e. The summed E-state index contributed by atoms with van der Waals surface area (Å²) in [6.07, 6.45) is -1.04. The maximum Gasteiger partial charge on any atom is 0.323 e. The van der Waals surface area contributed by atoms with Crippen LogP contribution in [0.4, 0.5) is 5.69 Å². The van der Waals surface area contributed by atoms with Crippen LogP contribution in [-0.2, 0) is 4.79 Å². The number of anilines is 1. The van der Waals surface area contributed by atoms with E-state index in [4.69, 9.17) is 4.74 Å². The molecule has 0 saturated carbocycles. The second-order valence-corrected chi connectivity index (χ2v) is 8.40. The molecule has 0 fully saturated rings. The van der Waals surface area contributed by atoms with Crippen LogP contribution in [0.5, 0.6) is 5.75 Å². The van der Waals surface area contributed by atoms with Crippen molar-refractivity contribution in [2.75, 3.05) is 11.4 Å². The summed E-state index contributed by atoms with van der Waals surface area (Å²) in [6.45, 7) is 3.21. The highest BCUT2D eigenvalue weighted by molar-refractivity contribution is 6.09. The van der Waals surface area contributed by atoms with E-state index in [9.17, 15) is 19.8 Å². The van der Waals surface area contributed by atoms with Gasteiger partial charge < -0.3 is 19.8 Å². The van der Waals surface area contributed by atoms with Gasteiger partial charge in [-0.25, -0.2) is 0 Å². The number of carbonyl (C=O) groups is 2. The van der Waals surface area contributed by atoms with E-state index < -0.39 is 23.7 Å². The Morgan fingerprint density at radius 2 is 1.56 bits per heavy atom. The van der Waals surface area contributed by atoms with Crippen LogP contribution >= 0.6 is 0 Å². The lowest BCUT2D eigenvalue weighted by Gasteiger charge is -2.46. The lowest BCUT2D eigenvalue weighted by atomic mass is 9.84. The Hall–Kier alpha value is -3.64. The van der Waals surface area contributed by atoms with Crippen molar-refractivity contribution in [3.63, 3.8) is 0 Å². The number of carboxylic acids is 1. The number of aliphatic carboxylic acids is 1. The van der Waals surface area contributed by atoms with Gasteiger partial charge in [-0.2, -0.15) is 0 Å². The third-order valence-electron chi connectivity index (χ3n) is 5.74. The van der Waals surface area contributed by atoms with E-state index in [0.29, 0.717) is 28.1 Å². The van der Waals surface area contributed by atoms with Crippen molar-refractivity contribution in [3.05, 3.63) is 95.6 Å². The van der Waals surface area contributed by atoms with E-state index in [-0.39, 0.29) is 12.3 Å². The number of benzene rings is 3. The predicted octanol–water partition coefficient (Wildman–Crippen LogP) is 4.08. The summed E-state index contributed by atoms with van der Waals surface area (Å²) in [5.74, 6) is -0.666. The van der Waals surface area contributed by atoms with Gasteiger partial charge in [-0.05, 0) is 44.2 Å². The van der Waals surface area contributed by atoms with Crippen molar-refractivity contribution in [2.45, 2.75) is 31.6 Å². The van der Waals surface area contributed by atoms with E-state index >= 15 is 0 Å². The Morgan fingerprint density at radius 1 is 0.938 bits per heavy atom. The molecule has 0 radical (unpaired) electrons. The van der Waals surface area contributed by atoms with Gasteiger partial charge in [0.15, 0.2) is 5.78 Å². The Bertz CT molecular complexity index is 1130. The molecule has 1 heterocycles. The first-order valence-corrected chi connectivity index (χ1v) is 10.4. The zero-order valence-electron chi connectivity index (χ0n) is 17.9. The fourth-order valence-corrected chi connectivity index (χ4v) is 4.12. The molecule has 0 saturated heterocycles. The van der Waals surface area contributed by atoms with Gasteiger partial charge in [0, 0.05) is 22.4 Å². The van der Waals surface area contributed by atoms with Crippen LogP contribution in [0, 0.1) is 0 Å². The molecule has 0 unspecified atom stereocenters. The Balaban J connectivity index is 1.85. The molecule has 2 N–H and O–H groups in total. The van der Waals surface area contributed by atoms with Crippen LogP contribution in [0.25, 0.3) is 0 Å². The number of hydrogen-bond donors (Lipinski definition) is 2. The van der Waals surface area contributed by atoms with Crippen LogP contribution in [0.2, 0.25) is 0 Å². The molecule has 1 aliphatic heterocycles. The van der Waals surface area contributed by atoms with Crippen LogP contribution in [-0.4, -0.2) is 40.2 Å². The van der Waals surface area contributed by atoms with Crippen LogP contribution < -0.4 is 9.64 Å². The van der Waals surface area contributed by atoms with Crippen molar-refractivity contribution in [1.82, 2.24) is 0 Å². The zero-order valence-corrected chi connectivity index (χ0v) is 17.9. The Kier molecular flexibility index (Phi) is 5.72. The summed E-state index contributed by atoms with van der Waals surface area (Å²) in [7, 11) is 0. The molecule has 0 aliphatic carbocycles. The van der Waals surface area contributed by atoms with Gasteiger partial charge in [-0.15, -0.1) is 0 Å². The topological polar surface area (TPSA) is 87.1 Å². The molecule has 1 aliphatic rings. The van der Waals surface area contributed by atoms with E-state index in [1.165, 1.54) is 0 Å². The molecule has 6 heteroatoms. The van der Waals surface area contributed by atoms with Gasteiger partial charge in [0.2, 0.25) is 0 Å². The molecule has 32 heavy (non-hydrogen) atoms. The summed E-state index contributed by atoms with van der Waals surface area (Å²) in [4.78, 5) is 26.5. The average molecular weight is 431 g/mol. The smallest absolute Gasteiger partial charge is 0.323 e. The molecule has 3 aromatic rings. The molecule has 0 bridgehead atoms. The van der Waals surface area contributed by atoms with E-state index in [1.54, 1.807) is 73.3 Å². The Morgan fingerprint density at radius 3 is 2.19 bits per heavy atom. The largest absolute Gasteiger partial charge is 0.485 e. The molecule has 2 atom stereocenters. The predicted molar refractivity (Wildman–Crippen MR) is 121 cm³/mol.